The summed E-state index contributed by atoms with van der Waals surface area (Å²) < 4.78 is 6.33. The zero-order valence-corrected chi connectivity index (χ0v) is 23.5. The monoisotopic (exact) mass is 491 g/mol. The van der Waals surface area contributed by atoms with Crippen molar-refractivity contribution in [2.24, 2.45) is 11.8 Å². The molecule has 0 aromatic heterocycles. The third-order valence-electron chi connectivity index (χ3n) is 8.29. The van der Waals surface area contributed by atoms with Gasteiger partial charge in [0.2, 0.25) is 0 Å². The Kier molecular flexibility index (Phi) is 7.73. The van der Waals surface area contributed by atoms with E-state index in [0.717, 1.165) is 33.7 Å². The van der Waals surface area contributed by atoms with Gasteiger partial charge in [-0.3, -0.25) is 4.90 Å². The van der Waals surface area contributed by atoms with Crippen molar-refractivity contribution in [1.82, 2.24) is 0 Å². The average molecular weight is 492 g/mol. The molecule has 0 saturated heterocycles. The second-order valence-electron chi connectivity index (χ2n) is 12.1. The zero-order chi connectivity index (χ0) is 26.3. The lowest BCUT2D eigenvalue weighted by Crippen LogP contribution is -2.39. The summed E-state index contributed by atoms with van der Waals surface area (Å²) in [5, 5.41) is 11.1. The minimum Gasteiger partial charge on any atom is -0.507 e. The Hall–Kier alpha value is -2.49. The highest BCUT2D eigenvalue weighted by molar-refractivity contribution is 5.90. The number of carbonyl (C=O) groups is 1. The first-order valence-electron chi connectivity index (χ1n) is 14.0. The number of carbonyl (C=O) groups excluding carboxylic acids is 1. The number of anilines is 1. The number of ether oxygens (including phenoxy) is 1. The van der Waals surface area contributed by atoms with Crippen molar-refractivity contribution in [2.45, 2.75) is 111 Å². The van der Waals surface area contributed by atoms with Crippen LogP contribution in [-0.2, 0) is 0 Å². The molecule has 2 aliphatic rings. The van der Waals surface area contributed by atoms with E-state index < -0.39 is 0 Å². The van der Waals surface area contributed by atoms with Gasteiger partial charge in [-0.2, -0.15) is 0 Å². The summed E-state index contributed by atoms with van der Waals surface area (Å²) in [6, 6.07) is 10.2. The summed E-state index contributed by atoms with van der Waals surface area (Å²) in [6.45, 7) is 17.0. The van der Waals surface area contributed by atoms with Crippen LogP contribution in [-0.4, -0.2) is 17.2 Å². The summed E-state index contributed by atoms with van der Waals surface area (Å²) in [6.07, 6.45) is 4.53. The predicted molar refractivity (Wildman–Crippen MR) is 149 cm³/mol. The summed E-state index contributed by atoms with van der Waals surface area (Å²) >= 11 is 0. The second kappa shape index (κ2) is 10.5. The zero-order valence-electron chi connectivity index (χ0n) is 23.5. The van der Waals surface area contributed by atoms with Crippen LogP contribution in [0.2, 0.25) is 0 Å². The molecule has 0 unspecified atom stereocenters. The topological polar surface area (TPSA) is 49.8 Å². The second-order valence-corrected chi connectivity index (χ2v) is 12.1. The molecule has 0 radical (unpaired) electrons. The number of rotatable bonds is 9. The molecule has 2 saturated carbocycles. The lowest BCUT2D eigenvalue weighted by atomic mass is 9.89. The normalized spacial score (nSPS) is 17.5. The first-order chi connectivity index (χ1) is 17.0. The van der Waals surface area contributed by atoms with E-state index in [9.17, 15) is 9.90 Å². The standard InChI is InChI=1S/C32H45NO3/c1-18(2)26-10-9-11-27(21(7)23-12-13-23)31(26)36-32(35)33(20(5)6)25-16-28(19(3)4)30(34)29(17-25)22(8)24-14-15-24/h9-11,16-24,34H,12-15H2,1-8H3/t21-,22-/m1/s1. The highest BCUT2D eigenvalue weighted by atomic mass is 16.6. The summed E-state index contributed by atoms with van der Waals surface area (Å²) in [5.41, 5.74) is 4.85. The van der Waals surface area contributed by atoms with E-state index in [1.165, 1.54) is 25.7 Å². The fourth-order valence-electron chi connectivity index (χ4n) is 5.55. The van der Waals surface area contributed by atoms with Crippen molar-refractivity contribution in [2.75, 3.05) is 4.90 Å². The third kappa shape index (κ3) is 5.43. The Balaban J connectivity index is 1.75. The highest BCUT2D eigenvalue weighted by Gasteiger charge is 2.35. The van der Waals surface area contributed by atoms with Gasteiger partial charge in [-0.05, 0) is 109 Å². The molecule has 0 aliphatic heterocycles. The SMILES string of the molecule is CC(C)c1cc(N(C(=O)Oc2c(C(C)C)cccc2[C@H](C)C2CC2)C(C)C)cc([C@H](C)C2CC2)c1O. The number of aromatic hydroxyl groups is 1. The lowest BCUT2D eigenvalue weighted by Gasteiger charge is -2.30. The molecule has 2 aliphatic carbocycles. The number of hydrogen-bond donors (Lipinski definition) is 1. The van der Waals surface area contributed by atoms with E-state index in [2.05, 4.69) is 59.7 Å². The molecule has 0 heterocycles. The largest absolute Gasteiger partial charge is 0.507 e. The Morgan fingerprint density at radius 2 is 1.31 bits per heavy atom. The smallest absolute Gasteiger partial charge is 0.420 e. The van der Waals surface area contributed by atoms with Gasteiger partial charge < -0.3 is 9.84 Å². The van der Waals surface area contributed by atoms with E-state index in [-0.39, 0.29) is 29.9 Å². The fourth-order valence-corrected chi connectivity index (χ4v) is 5.55. The van der Waals surface area contributed by atoms with Crippen molar-refractivity contribution in [3.8, 4) is 11.5 Å². The molecule has 2 atom stereocenters. The Morgan fingerprint density at radius 1 is 0.806 bits per heavy atom. The van der Waals surface area contributed by atoms with Gasteiger partial charge in [0.05, 0.1) is 0 Å². The van der Waals surface area contributed by atoms with Crippen molar-refractivity contribution in [3.05, 3.63) is 52.6 Å². The van der Waals surface area contributed by atoms with Crippen LogP contribution in [0.3, 0.4) is 0 Å². The quantitative estimate of drug-likeness (QED) is 0.380. The maximum absolute atomic E-state index is 13.9. The predicted octanol–water partition coefficient (Wildman–Crippen LogP) is 9.08. The molecule has 1 N–H and O–H groups in total. The molecule has 0 spiro atoms. The molecule has 4 nitrogen and oxygen atoms in total. The molecular weight excluding hydrogens is 446 g/mol. The maximum Gasteiger partial charge on any atom is 0.420 e. The number of hydrogen-bond acceptors (Lipinski definition) is 3. The molecule has 2 fully saturated rings. The molecule has 2 aromatic rings. The van der Waals surface area contributed by atoms with E-state index in [4.69, 9.17) is 4.74 Å². The Bertz CT molecular complexity index is 1090. The molecule has 4 heteroatoms. The minimum absolute atomic E-state index is 0.0957. The molecule has 1 amide bonds. The third-order valence-corrected chi connectivity index (χ3v) is 8.29. The van der Waals surface area contributed by atoms with Crippen LogP contribution >= 0.6 is 0 Å². The maximum atomic E-state index is 13.9. The lowest BCUT2D eigenvalue weighted by molar-refractivity contribution is 0.204. The van der Waals surface area contributed by atoms with Crippen molar-refractivity contribution >= 4 is 11.8 Å². The van der Waals surface area contributed by atoms with Crippen molar-refractivity contribution in [3.63, 3.8) is 0 Å². The average Bonchev–Trinajstić information content (AvgIpc) is 3.71. The number of nitrogens with zero attached hydrogens (tertiary/aromatic N) is 1. The van der Waals surface area contributed by atoms with Gasteiger partial charge in [0.25, 0.3) is 0 Å². The van der Waals surface area contributed by atoms with E-state index in [1.807, 2.05) is 26.0 Å². The first-order valence-corrected chi connectivity index (χ1v) is 14.0. The Labute approximate surface area is 218 Å². The Morgan fingerprint density at radius 3 is 1.81 bits per heavy atom. The molecule has 0 bridgehead atoms. The van der Waals surface area contributed by atoms with E-state index in [0.29, 0.717) is 23.5 Å². The molecule has 36 heavy (non-hydrogen) atoms. The molecule has 4 rings (SSSR count). The summed E-state index contributed by atoms with van der Waals surface area (Å²) in [7, 11) is 0. The number of amides is 1. The van der Waals surface area contributed by atoms with Gasteiger partial charge in [-0.15, -0.1) is 0 Å². The van der Waals surface area contributed by atoms with Crippen LogP contribution in [0.5, 0.6) is 11.5 Å². The highest BCUT2D eigenvalue weighted by Crippen LogP contribution is 2.48. The number of phenolic OH excluding ortho intramolecular Hbond substituents is 1. The van der Waals surface area contributed by atoms with Crippen molar-refractivity contribution < 1.29 is 14.6 Å². The minimum atomic E-state index is -0.354. The number of phenols is 1. The van der Waals surface area contributed by atoms with Gasteiger partial charge in [-0.1, -0.05) is 59.7 Å². The van der Waals surface area contributed by atoms with Gasteiger partial charge in [-0.25, -0.2) is 4.79 Å². The molecule has 196 valence electrons. The van der Waals surface area contributed by atoms with Crippen LogP contribution in [0.25, 0.3) is 0 Å². The first kappa shape index (κ1) is 26.6. The van der Waals surface area contributed by atoms with Crippen LogP contribution in [0.1, 0.15) is 127 Å². The van der Waals surface area contributed by atoms with E-state index >= 15 is 0 Å². The van der Waals surface area contributed by atoms with Gasteiger partial charge in [0, 0.05) is 11.7 Å². The van der Waals surface area contributed by atoms with Crippen LogP contribution in [0.15, 0.2) is 30.3 Å². The van der Waals surface area contributed by atoms with Crippen LogP contribution in [0, 0.1) is 11.8 Å². The molecule has 2 aromatic carbocycles. The van der Waals surface area contributed by atoms with Crippen LogP contribution in [0.4, 0.5) is 10.5 Å². The summed E-state index contributed by atoms with van der Waals surface area (Å²) in [5.74, 6) is 3.42. The van der Waals surface area contributed by atoms with Gasteiger partial charge in [0.1, 0.15) is 11.5 Å². The number of benzene rings is 2. The van der Waals surface area contributed by atoms with E-state index in [1.54, 1.807) is 4.90 Å². The van der Waals surface area contributed by atoms with Gasteiger partial charge in [0.15, 0.2) is 0 Å². The number of para-hydroxylation sites is 1. The fraction of sp³-hybridized carbons (Fsp3) is 0.594. The van der Waals surface area contributed by atoms with Gasteiger partial charge >= 0.3 is 6.09 Å². The van der Waals surface area contributed by atoms with Crippen LogP contribution < -0.4 is 9.64 Å². The van der Waals surface area contributed by atoms with Crippen molar-refractivity contribution in [1.29, 1.82) is 0 Å². The molecular formula is C32H45NO3. The summed E-state index contributed by atoms with van der Waals surface area (Å²) in [4.78, 5) is 15.7.